The van der Waals surface area contributed by atoms with Crippen LogP contribution in [0.25, 0.3) is 11.0 Å². The number of nitrogens with zero attached hydrogens (tertiary/aromatic N) is 7. The highest BCUT2D eigenvalue weighted by molar-refractivity contribution is 6.32. The lowest BCUT2D eigenvalue weighted by atomic mass is 10.1. The molecular formula is C24H29ClN8O2. The average Bonchev–Trinajstić information content (AvgIpc) is 3.29. The lowest BCUT2D eigenvalue weighted by Gasteiger charge is -2.26. The van der Waals surface area contributed by atoms with E-state index in [1.807, 2.05) is 29.9 Å². The van der Waals surface area contributed by atoms with Crippen LogP contribution in [0.5, 0.6) is 0 Å². The number of aliphatic hydroxyl groups is 1. The molecule has 0 atom stereocenters. The van der Waals surface area contributed by atoms with Crippen molar-refractivity contribution in [1.29, 1.82) is 0 Å². The molecule has 0 fully saturated rings. The molecule has 0 spiro atoms. The maximum absolute atomic E-state index is 12.8. The summed E-state index contributed by atoms with van der Waals surface area (Å²) in [4.78, 5) is 24.0. The predicted molar refractivity (Wildman–Crippen MR) is 136 cm³/mol. The molecule has 1 aliphatic rings. The summed E-state index contributed by atoms with van der Waals surface area (Å²) >= 11 is 6.44. The summed E-state index contributed by atoms with van der Waals surface area (Å²) < 4.78 is 5.13. The van der Waals surface area contributed by atoms with Gasteiger partial charge in [0, 0.05) is 39.1 Å². The first-order valence-corrected chi connectivity index (χ1v) is 11.9. The number of rotatable bonds is 6. The molecule has 35 heavy (non-hydrogen) atoms. The van der Waals surface area contributed by atoms with Crippen molar-refractivity contribution in [3.05, 3.63) is 57.4 Å². The van der Waals surface area contributed by atoms with Crippen LogP contribution in [0.1, 0.15) is 31.5 Å². The quantitative estimate of drug-likeness (QED) is 0.422. The van der Waals surface area contributed by atoms with Crippen LogP contribution in [0.2, 0.25) is 5.02 Å². The number of imidazole rings is 1. The molecule has 11 heteroatoms. The predicted octanol–water partition coefficient (Wildman–Crippen LogP) is 2.98. The normalized spacial score (nSPS) is 13.9. The highest BCUT2D eigenvalue weighted by Gasteiger charge is 2.22. The van der Waals surface area contributed by atoms with Crippen LogP contribution < -0.4 is 15.9 Å². The Bertz CT molecular complexity index is 1460. The molecule has 0 radical (unpaired) electrons. The van der Waals surface area contributed by atoms with Crippen molar-refractivity contribution in [2.45, 2.75) is 45.4 Å². The van der Waals surface area contributed by atoms with E-state index in [2.05, 4.69) is 26.5 Å². The monoisotopic (exact) mass is 496 g/mol. The number of fused-ring (bicyclic) bond motifs is 2. The van der Waals surface area contributed by atoms with Gasteiger partial charge in [-0.05, 0) is 50.5 Å². The second-order valence-electron chi connectivity index (χ2n) is 9.70. The van der Waals surface area contributed by atoms with Crippen LogP contribution in [0, 0.1) is 0 Å². The zero-order chi connectivity index (χ0) is 24.9. The second kappa shape index (κ2) is 8.69. The number of anilines is 3. The van der Waals surface area contributed by atoms with Gasteiger partial charge in [0.2, 0.25) is 5.95 Å². The lowest BCUT2D eigenvalue weighted by Crippen LogP contribution is -2.31. The highest BCUT2D eigenvalue weighted by atomic mass is 35.5. The SMILES string of the molecule is Cn1cc2c(n1)CN(c1ncc(Cl)c(Nc3ccc4c(c3)n(CCC(C)(C)O)c(=O)n4C)n1)CC2. The Hall–Kier alpha value is -3.37. The molecule has 10 nitrogen and oxygen atoms in total. The molecule has 0 saturated carbocycles. The van der Waals surface area contributed by atoms with Gasteiger partial charge in [0.15, 0.2) is 5.82 Å². The molecule has 0 amide bonds. The Labute approximate surface area is 207 Å². The largest absolute Gasteiger partial charge is 0.390 e. The molecule has 4 aromatic rings. The van der Waals surface area contributed by atoms with Gasteiger partial charge in [-0.1, -0.05) is 11.6 Å². The minimum absolute atomic E-state index is 0.122. The zero-order valence-corrected chi connectivity index (χ0v) is 21.0. The Kier molecular flexibility index (Phi) is 5.80. The fourth-order valence-electron chi connectivity index (χ4n) is 4.44. The maximum Gasteiger partial charge on any atom is 0.328 e. The van der Waals surface area contributed by atoms with Crippen molar-refractivity contribution in [3.63, 3.8) is 0 Å². The first-order valence-electron chi connectivity index (χ1n) is 11.6. The average molecular weight is 497 g/mol. The third-order valence-electron chi connectivity index (χ3n) is 6.35. The number of nitrogens with one attached hydrogen (secondary N) is 1. The molecule has 2 N–H and O–H groups in total. The number of hydrogen-bond donors (Lipinski definition) is 2. The Morgan fingerprint density at radius 2 is 2.03 bits per heavy atom. The molecule has 3 aromatic heterocycles. The van der Waals surface area contributed by atoms with Gasteiger partial charge in [0.05, 0.1) is 35.1 Å². The van der Waals surface area contributed by atoms with Gasteiger partial charge in [-0.3, -0.25) is 13.8 Å². The first-order chi connectivity index (χ1) is 16.6. The number of aryl methyl sites for hydroxylation is 3. The van der Waals surface area contributed by atoms with Crippen molar-refractivity contribution >= 4 is 40.1 Å². The van der Waals surface area contributed by atoms with Crippen LogP contribution in [0.3, 0.4) is 0 Å². The van der Waals surface area contributed by atoms with E-state index < -0.39 is 5.60 Å². The van der Waals surface area contributed by atoms with Crippen LogP contribution in [-0.2, 0) is 33.6 Å². The van der Waals surface area contributed by atoms with Crippen molar-refractivity contribution in [3.8, 4) is 0 Å². The van der Waals surface area contributed by atoms with E-state index in [0.717, 1.165) is 35.4 Å². The summed E-state index contributed by atoms with van der Waals surface area (Å²) in [5.74, 6) is 1.07. The fraction of sp³-hybridized carbons (Fsp3) is 0.417. The lowest BCUT2D eigenvalue weighted by molar-refractivity contribution is 0.0662. The van der Waals surface area contributed by atoms with Crippen molar-refractivity contribution in [2.75, 3.05) is 16.8 Å². The van der Waals surface area contributed by atoms with Gasteiger partial charge < -0.3 is 15.3 Å². The van der Waals surface area contributed by atoms with E-state index in [1.54, 1.807) is 36.2 Å². The van der Waals surface area contributed by atoms with Crippen LogP contribution in [0.15, 0.2) is 35.4 Å². The van der Waals surface area contributed by atoms with E-state index in [-0.39, 0.29) is 5.69 Å². The molecule has 0 aliphatic carbocycles. The minimum Gasteiger partial charge on any atom is -0.390 e. The first kappa shape index (κ1) is 23.4. The number of benzene rings is 1. The molecule has 184 valence electrons. The summed E-state index contributed by atoms with van der Waals surface area (Å²) in [6.45, 7) is 5.32. The topological polar surface area (TPSA) is 106 Å². The Balaban J connectivity index is 1.43. The van der Waals surface area contributed by atoms with E-state index in [1.165, 1.54) is 5.56 Å². The highest BCUT2D eigenvalue weighted by Crippen LogP contribution is 2.28. The van der Waals surface area contributed by atoms with Gasteiger partial charge in [-0.25, -0.2) is 9.78 Å². The van der Waals surface area contributed by atoms with E-state index in [4.69, 9.17) is 16.6 Å². The molecule has 0 bridgehead atoms. The Morgan fingerprint density at radius 1 is 1.23 bits per heavy atom. The zero-order valence-electron chi connectivity index (χ0n) is 20.3. The molecule has 0 unspecified atom stereocenters. The van der Waals surface area contributed by atoms with Gasteiger partial charge >= 0.3 is 5.69 Å². The second-order valence-corrected chi connectivity index (χ2v) is 10.1. The van der Waals surface area contributed by atoms with Crippen LogP contribution >= 0.6 is 11.6 Å². The summed E-state index contributed by atoms with van der Waals surface area (Å²) in [5, 5.41) is 18.4. The number of halogens is 1. The fourth-order valence-corrected chi connectivity index (χ4v) is 4.57. The molecule has 5 rings (SSSR count). The third kappa shape index (κ3) is 4.63. The smallest absolute Gasteiger partial charge is 0.328 e. The number of aromatic nitrogens is 6. The minimum atomic E-state index is -0.868. The van der Waals surface area contributed by atoms with Gasteiger partial charge in [-0.2, -0.15) is 10.1 Å². The molecule has 0 saturated heterocycles. The summed E-state index contributed by atoms with van der Waals surface area (Å²) in [6.07, 6.45) is 4.99. The summed E-state index contributed by atoms with van der Waals surface area (Å²) in [6, 6.07) is 5.68. The van der Waals surface area contributed by atoms with E-state index in [0.29, 0.717) is 36.3 Å². The van der Waals surface area contributed by atoms with Crippen LogP contribution in [-0.4, -0.2) is 46.1 Å². The molecule has 1 aromatic carbocycles. The van der Waals surface area contributed by atoms with Gasteiger partial charge in [0.1, 0.15) is 5.02 Å². The van der Waals surface area contributed by atoms with Gasteiger partial charge in [0.25, 0.3) is 0 Å². The van der Waals surface area contributed by atoms with Gasteiger partial charge in [-0.15, -0.1) is 0 Å². The molecular weight excluding hydrogens is 468 g/mol. The maximum atomic E-state index is 12.8. The summed E-state index contributed by atoms with van der Waals surface area (Å²) in [5.41, 5.74) is 3.63. The summed E-state index contributed by atoms with van der Waals surface area (Å²) in [7, 11) is 3.68. The van der Waals surface area contributed by atoms with Crippen LogP contribution in [0.4, 0.5) is 17.5 Å². The van der Waals surface area contributed by atoms with Crippen molar-refractivity contribution in [2.24, 2.45) is 14.1 Å². The van der Waals surface area contributed by atoms with Crippen molar-refractivity contribution < 1.29 is 5.11 Å². The molecule has 1 aliphatic heterocycles. The standard InChI is InChI=1S/C24H29ClN8O2/c1-24(2,35)8-10-33-20-11-16(5-6-19(20)31(4)23(33)34)27-21-17(25)12-26-22(28-21)32-9-7-15-13-30(3)29-18(15)14-32/h5-6,11-13,35H,7-10,14H2,1-4H3,(H,26,27,28). The molecule has 4 heterocycles. The van der Waals surface area contributed by atoms with E-state index >= 15 is 0 Å². The number of hydrogen-bond acceptors (Lipinski definition) is 7. The third-order valence-corrected chi connectivity index (χ3v) is 6.63. The van der Waals surface area contributed by atoms with E-state index in [9.17, 15) is 9.90 Å². The Morgan fingerprint density at radius 3 is 2.80 bits per heavy atom. The van der Waals surface area contributed by atoms with Crippen molar-refractivity contribution in [1.82, 2.24) is 28.9 Å².